The molecule has 4 rings (SSSR count). The van der Waals surface area contributed by atoms with Crippen LogP contribution in [-0.4, -0.2) is 16.1 Å². The SMILES string of the molecule is Cc1ccccc1-c1nnc(-c2cccc(NC(=O)c3cccc(F)c3)c2)o1. The van der Waals surface area contributed by atoms with Crippen molar-refractivity contribution in [1.29, 1.82) is 0 Å². The van der Waals surface area contributed by atoms with Gasteiger partial charge in [-0.05, 0) is 55.0 Å². The molecular weight excluding hydrogens is 357 g/mol. The average molecular weight is 373 g/mol. The minimum Gasteiger partial charge on any atom is -0.416 e. The molecule has 0 saturated carbocycles. The van der Waals surface area contributed by atoms with E-state index >= 15 is 0 Å². The molecule has 4 aromatic rings. The summed E-state index contributed by atoms with van der Waals surface area (Å²) in [6.07, 6.45) is 0. The van der Waals surface area contributed by atoms with E-state index in [1.165, 1.54) is 18.2 Å². The number of hydrogen-bond acceptors (Lipinski definition) is 4. The van der Waals surface area contributed by atoms with Crippen molar-refractivity contribution in [2.75, 3.05) is 5.32 Å². The van der Waals surface area contributed by atoms with Gasteiger partial charge in [-0.25, -0.2) is 4.39 Å². The molecule has 138 valence electrons. The van der Waals surface area contributed by atoms with Crippen LogP contribution in [0.1, 0.15) is 15.9 Å². The molecule has 0 fully saturated rings. The van der Waals surface area contributed by atoms with Gasteiger partial charge in [0.15, 0.2) is 0 Å². The molecule has 6 heteroatoms. The van der Waals surface area contributed by atoms with Gasteiger partial charge in [0.2, 0.25) is 11.8 Å². The van der Waals surface area contributed by atoms with Crippen molar-refractivity contribution in [3.05, 3.63) is 89.7 Å². The lowest BCUT2D eigenvalue weighted by Crippen LogP contribution is -2.12. The number of hydrogen-bond donors (Lipinski definition) is 1. The van der Waals surface area contributed by atoms with Gasteiger partial charge in [-0.15, -0.1) is 10.2 Å². The molecule has 0 aliphatic carbocycles. The van der Waals surface area contributed by atoms with Crippen molar-refractivity contribution in [2.24, 2.45) is 0 Å². The van der Waals surface area contributed by atoms with Crippen LogP contribution in [0.3, 0.4) is 0 Å². The Kier molecular flexibility index (Phi) is 4.68. The number of carbonyl (C=O) groups excluding carboxylic acids is 1. The summed E-state index contributed by atoms with van der Waals surface area (Å²) in [6.45, 7) is 1.97. The first-order chi connectivity index (χ1) is 13.6. The minimum atomic E-state index is -0.462. The highest BCUT2D eigenvalue weighted by Gasteiger charge is 2.13. The predicted octanol–water partition coefficient (Wildman–Crippen LogP) is 5.10. The monoisotopic (exact) mass is 373 g/mol. The number of nitrogens with zero attached hydrogens (tertiary/aromatic N) is 2. The first kappa shape index (κ1) is 17.6. The van der Waals surface area contributed by atoms with Crippen molar-refractivity contribution in [2.45, 2.75) is 6.92 Å². The molecular formula is C22H16FN3O2. The summed E-state index contributed by atoms with van der Waals surface area (Å²) >= 11 is 0. The molecule has 1 N–H and O–H groups in total. The lowest BCUT2D eigenvalue weighted by Gasteiger charge is -2.06. The first-order valence-electron chi connectivity index (χ1n) is 8.67. The van der Waals surface area contributed by atoms with Gasteiger partial charge in [0.05, 0.1) is 0 Å². The Morgan fingerprint density at radius 3 is 2.54 bits per heavy atom. The maximum atomic E-state index is 13.3. The summed E-state index contributed by atoms with van der Waals surface area (Å²) < 4.78 is 19.1. The number of aromatic nitrogens is 2. The molecule has 0 unspecified atom stereocenters. The van der Waals surface area contributed by atoms with E-state index in [0.717, 1.165) is 11.1 Å². The second-order valence-electron chi connectivity index (χ2n) is 6.27. The molecule has 3 aromatic carbocycles. The van der Waals surface area contributed by atoms with Gasteiger partial charge in [0.1, 0.15) is 5.82 Å². The Balaban J connectivity index is 1.58. The summed E-state index contributed by atoms with van der Waals surface area (Å²) in [4.78, 5) is 12.3. The third-order valence-corrected chi connectivity index (χ3v) is 4.25. The molecule has 0 radical (unpaired) electrons. The number of aryl methyl sites for hydroxylation is 1. The molecule has 0 bridgehead atoms. The predicted molar refractivity (Wildman–Crippen MR) is 104 cm³/mol. The van der Waals surface area contributed by atoms with Crippen molar-refractivity contribution in [1.82, 2.24) is 10.2 Å². The van der Waals surface area contributed by atoms with Gasteiger partial charge in [0.25, 0.3) is 5.91 Å². The van der Waals surface area contributed by atoms with Gasteiger partial charge in [-0.3, -0.25) is 4.79 Å². The number of amides is 1. The Morgan fingerprint density at radius 2 is 1.71 bits per heavy atom. The molecule has 0 atom stereocenters. The van der Waals surface area contributed by atoms with Crippen molar-refractivity contribution >= 4 is 11.6 Å². The summed E-state index contributed by atoms with van der Waals surface area (Å²) in [7, 11) is 0. The van der Waals surface area contributed by atoms with E-state index in [0.29, 0.717) is 23.0 Å². The fraction of sp³-hybridized carbons (Fsp3) is 0.0455. The molecule has 0 aliphatic rings. The van der Waals surface area contributed by atoms with E-state index in [2.05, 4.69) is 15.5 Å². The van der Waals surface area contributed by atoms with E-state index in [1.54, 1.807) is 24.3 Å². The first-order valence-corrected chi connectivity index (χ1v) is 8.67. The normalized spacial score (nSPS) is 10.6. The second kappa shape index (κ2) is 7.44. The van der Waals surface area contributed by atoms with Gasteiger partial charge < -0.3 is 9.73 Å². The van der Waals surface area contributed by atoms with Crippen LogP contribution >= 0.6 is 0 Å². The van der Waals surface area contributed by atoms with Gasteiger partial charge in [-0.1, -0.05) is 30.3 Å². The second-order valence-corrected chi connectivity index (χ2v) is 6.27. The third-order valence-electron chi connectivity index (χ3n) is 4.25. The standard InChI is InChI=1S/C22H16FN3O2/c1-14-6-2-3-11-19(14)22-26-25-21(28-22)16-8-5-10-18(13-16)24-20(27)15-7-4-9-17(23)12-15/h2-13H,1H3,(H,24,27). The van der Waals surface area contributed by atoms with Crippen LogP contribution in [0.4, 0.5) is 10.1 Å². The number of benzene rings is 3. The van der Waals surface area contributed by atoms with Crippen LogP contribution in [0, 0.1) is 12.7 Å². The topological polar surface area (TPSA) is 68.0 Å². The molecule has 1 heterocycles. The molecule has 1 aromatic heterocycles. The molecule has 1 amide bonds. The van der Waals surface area contributed by atoms with Crippen molar-refractivity contribution < 1.29 is 13.6 Å². The fourth-order valence-electron chi connectivity index (χ4n) is 2.82. The van der Waals surface area contributed by atoms with Crippen LogP contribution in [0.25, 0.3) is 22.9 Å². The summed E-state index contributed by atoms with van der Waals surface area (Å²) in [6, 6.07) is 20.3. The molecule has 0 aliphatic heterocycles. The zero-order valence-electron chi connectivity index (χ0n) is 15.0. The van der Waals surface area contributed by atoms with Gasteiger partial charge in [-0.2, -0.15) is 0 Å². The van der Waals surface area contributed by atoms with E-state index < -0.39 is 11.7 Å². The van der Waals surface area contributed by atoms with Crippen LogP contribution in [0.15, 0.2) is 77.2 Å². The Bertz CT molecular complexity index is 1150. The number of halogens is 1. The van der Waals surface area contributed by atoms with E-state index in [9.17, 15) is 9.18 Å². The fourth-order valence-corrected chi connectivity index (χ4v) is 2.82. The van der Waals surface area contributed by atoms with Crippen LogP contribution in [-0.2, 0) is 0 Å². The van der Waals surface area contributed by atoms with Crippen LogP contribution < -0.4 is 5.32 Å². The van der Waals surface area contributed by atoms with Crippen molar-refractivity contribution in [3.63, 3.8) is 0 Å². The molecule has 5 nitrogen and oxygen atoms in total. The van der Waals surface area contributed by atoms with Gasteiger partial charge in [0, 0.05) is 22.4 Å². The van der Waals surface area contributed by atoms with Crippen molar-refractivity contribution in [3.8, 4) is 22.9 Å². The van der Waals surface area contributed by atoms with E-state index in [-0.39, 0.29) is 5.56 Å². The summed E-state index contributed by atoms with van der Waals surface area (Å²) in [5.41, 5.74) is 3.36. The highest BCUT2D eigenvalue weighted by Crippen LogP contribution is 2.27. The van der Waals surface area contributed by atoms with E-state index in [4.69, 9.17) is 4.42 Å². The zero-order valence-corrected chi connectivity index (χ0v) is 15.0. The highest BCUT2D eigenvalue weighted by atomic mass is 19.1. The minimum absolute atomic E-state index is 0.241. The highest BCUT2D eigenvalue weighted by molar-refractivity contribution is 6.04. The number of nitrogens with one attached hydrogen (secondary N) is 1. The maximum Gasteiger partial charge on any atom is 0.255 e. The molecule has 0 saturated heterocycles. The lowest BCUT2D eigenvalue weighted by atomic mass is 10.1. The third kappa shape index (κ3) is 3.66. The smallest absolute Gasteiger partial charge is 0.255 e. The average Bonchev–Trinajstić information content (AvgIpc) is 3.18. The largest absolute Gasteiger partial charge is 0.416 e. The number of rotatable bonds is 4. The molecule has 28 heavy (non-hydrogen) atoms. The quantitative estimate of drug-likeness (QED) is 0.540. The number of anilines is 1. The Labute approximate surface area is 160 Å². The van der Waals surface area contributed by atoms with E-state index in [1.807, 2.05) is 37.3 Å². The summed E-state index contributed by atoms with van der Waals surface area (Å²) in [5, 5.41) is 11.0. The Morgan fingerprint density at radius 1 is 0.929 bits per heavy atom. The lowest BCUT2D eigenvalue weighted by molar-refractivity contribution is 0.102. The van der Waals surface area contributed by atoms with Crippen LogP contribution in [0.5, 0.6) is 0 Å². The number of carbonyl (C=O) groups is 1. The maximum absolute atomic E-state index is 13.3. The van der Waals surface area contributed by atoms with Crippen LogP contribution in [0.2, 0.25) is 0 Å². The Hall–Kier alpha value is -3.80. The summed E-state index contributed by atoms with van der Waals surface area (Å²) in [5.74, 6) is -0.0822. The zero-order chi connectivity index (χ0) is 19.5. The molecule has 0 spiro atoms. The van der Waals surface area contributed by atoms with Gasteiger partial charge >= 0.3 is 0 Å².